The number of ether oxygens (including phenoxy) is 1. The molecule has 1 aliphatic rings. The van der Waals surface area contributed by atoms with Gasteiger partial charge in [-0.3, -0.25) is 0 Å². The van der Waals surface area contributed by atoms with E-state index in [1.165, 1.54) is 0 Å². The summed E-state index contributed by atoms with van der Waals surface area (Å²) in [5, 5.41) is 0. The molecule has 1 heterocycles. The molecule has 0 saturated heterocycles. The van der Waals surface area contributed by atoms with E-state index in [1.807, 2.05) is 13.8 Å². The molecule has 0 spiro atoms. The number of anilines is 1. The van der Waals surface area contributed by atoms with Gasteiger partial charge in [0.05, 0.1) is 12.2 Å². The first-order chi connectivity index (χ1) is 8.08. The van der Waals surface area contributed by atoms with Crippen molar-refractivity contribution >= 4 is 5.82 Å². The first kappa shape index (κ1) is 11.9. The monoisotopic (exact) mass is 233 g/mol. The minimum absolute atomic E-state index is 0.487. The summed E-state index contributed by atoms with van der Waals surface area (Å²) < 4.78 is 5.66. The summed E-state index contributed by atoms with van der Waals surface area (Å²) in [7, 11) is 0. The van der Waals surface area contributed by atoms with Gasteiger partial charge in [-0.25, -0.2) is 4.98 Å². The van der Waals surface area contributed by atoms with Gasteiger partial charge in [0, 0.05) is 12.3 Å². The standard InChI is InChI=1S/C13H19N3O/c1-8(2)6-7-17-13-9(3)11(14)15-12(16-13)10-4-5-10/h10H,1,4-7H2,2-3H3,(H2,14,15,16). The van der Waals surface area contributed by atoms with Crippen molar-refractivity contribution in [1.29, 1.82) is 0 Å². The summed E-state index contributed by atoms with van der Waals surface area (Å²) >= 11 is 0. The molecular formula is C13H19N3O. The molecular weight excluding hydrogens is 214 g/mol. The lowest BCUT2D eigenvalue weighted by Gasteiger charge is -2.11. The van der Waals surface area contributed by atoms with Gasteiger partial charge in [0.2, 0.25) is 5.88 Å². The van der Waals surface area contributed by atoms with Gasteiger partial charge < -0.3 is 10.5 Å². The van der Waals surface area contributed by atoms with Crippen molar-refractivity contribution in [2.24, 2.45) is 0 Å². The number of hydrogen-bond acceptors (Lipinski definition) is 4. The summed E-state index contributed by atoms with van der Waals surface area (Å²) in [4.78, 5) is 8.76. The predicted octanol–water partition coefficient (Wildman–Crippen LogP) is 2.59. The molecule has 1 aliphatic carbocycles. The number of aromatic nitrogens is 2. The lowest BCUT2D eigenvalue weighted by Crippen LogP contribution is -2.07. The topological polar surface area (TPSA) is 61.0 Å². The fourth-order valence-electron chi connectivity index (χ4n) is 1.52. The zero-order valence-electron chi connectivity index (χ0n) is 10.5. The average Bonchev–Trinajstić information content (AvgIpc) is 3.07. The van der Waals surface area contributed by atoms with Crippen molar-refractivity contribution < 1.29 is 4.74 Å². The molecule has 1 aromatic heterocycles. The first-order valence-corrected chi connectivity index (χ1v) is 5.99. The lowest BCUT2D eigenvalue weighted by atomic mass is 10.2. The minimum Gasteiger partial charge on any atom is -0.477 e. The van der Waals surface area contributed by atoms with Gasteiger partial charge in [0.1, 0.15) is 11.6 Å². The van der Waals surface area contributed by atoms with E-state index in [9.17, 15) is 0 Å². The molecule has 0 bridgehead atoms. The molecule has 1 saturated carbocycles. The van der Waals surface area contributed by atoms with Crippen LogP contribution >= 0.6 is 0 Å². The maximum atomic E-state index is 5.87. The molecule has 0 unspecified atom stereocenters. The highest BCUT2D eigenvalue weighted by atomic mass is 16.5. The fourth-order valence-corrected chi connectivity index (χ4v) is 1.52. The van der Waals surface area contributed by atoms with Crippen molar-refractivity contribution in [3.8, 4) is 5.88 Å². The Labute approximate surface area is 102 Å². The van der Waals surface area contributed by atoms with Crippen LogP contribution in [0.1, 0.15) is 43.5 Å². The SMILES string of the molecule is C=C(C)CCOc1nc(C2CC2)nc(N)c1C. The Bertz CT molecular complexity index is 439. The summed E-state index contributed by atoms with van der Waals surface area (Å²) in [6.45, 7) is 8.32. The Hall–Kier alpha value is -1.58. The van der Waals surface area contributed by atoms with Gasteiger partial charge in [-0.15, -0.1) is 6.58 Å². The third kappa shape index (κ3) is 2.96. The zero-order chi connectivity index (χ0) is 12.4. The second kappa shape index (κ2) is 4.73. The summed E-state index contributed by atoms with van der Waals surface area (Å²) in [5.74, 6) is 2.48. The third-order valence-electron chi connectivity index (χ3n) is 2.87. The highest BCUT2D eigenvalue weighted by Crippen LogP contribution is 2.39. The normalized spacial score (nSPS) is 14.7. The van der Waals surface area contributed by atoms with Crippen molar-refractivity contribution in [2.75, 3.05) is 12.3 Å². The van der Waals surface area contributed by atoms with Crippen LogP contribution in [0.4, 0.5) is 5.82 Å². The van der Waals surface area contributed by atoms with Crippen molar-refractivity contribution in [3.63, 3.8) is 0 Å². The molecule has 4 nitrogen and oxygen atoms in total. The highest BCUT2D eigenvalue weighted by molar-refractivity contribution is 5.45. The van der Waals surface area contributed by atoms with Gasteiger partial charge >= 0.3 is 0 Å². The Morgan fingerprint density at radius 2 is 2.18 bits per heavy atom. The first-order valence-electron chi connectivity index (χ1n) is 5.99. The van der Waals surface area contributed by atoms with Crippen LogP contribution in [0.3, 0.4) is 0 Å². The lowest BCUT2D eigenvalue weighted by molar-refractivity contribution is 0.305. The van der Waals surface area contributed by atoms with Crippen LogP contribution in [0.5, 0.6) is 5.88 Å². The largest absolute Gasteiger partial charge is 0.477 e. The predicted molar refractivity (Wildman–Crippen MR) is 68.1 cm³/mol. The van der Waals surface area contributed by atoms with E-state index in [-0.39, 0.29) is 0 Å². The van der Waals surface area contributed by atoms with E-state index in [2.05, 4.69) is 16.5 Å². The summed E-state index contributed by atoms with van der Waals surface area (Å²) in [6.07, 6.45) is 3.16. The van der Waals surface area contributed by atoms with Gasteiger partial charge in [-0.2, -0.15) is 4.98 Å². The number of nitrogens with zero attached hydrogens (tertiary/aromatic N) is 2. The molecule has 1 fully saturated rings. The Balaban J connectivity index is 2.11. The summed E-state index contributed by atoms with van der Waals surface area (Å²) in [5.41, 5.74) is 7.80. The number of nitrogen functional groups attached to an aromatic ring is 1. The Morgan fingerprint density at radius 3 is 2.76 bits per heavy atom. The Morgan fingerprint density at radius 1 is 1.47 bits per heavy atom. The van der Waals surface area contributed by atoms with Crippen LogP contribution in [-0.4, -0.2) is 16.6 Å². The van der Waals surface area contributed by atoms with Crippen LogP contribution in [0, 0.1) is 6.92 Å². The van der Waals surface area contributed by atoms with E-state index >= 15 is 0 Å². The van der Waals surface area contributed by atoms with E-state index in [4.69, 9.17) is 10.5 Å². The quantitative estimate of drug-likeness (QED) is 0.794. The fraction of sp³-hybridized carbons (Fsp3) is 0.538. The third-order valence-corrected chi connectivity index (χ3v) is 2.87. The molecule has 0 aromatic carbocycles. The van der Waals surface area contributed by atoms with Gasteiger partial charge in [0.25, 0.3) is 0 Å². The molecule has 92 valence electrons. The molecule has 1 aromatic rings. The van der Waals surface area contributed by atoms with E-state index < -0.39 is 0 Å². The molecule has 0 atom stereocenters. The van der Waals surface area contributed by atoms with E-state index in [0.717, 1.165) is 36.2 Å². The van der Waals surface area contributed by atoms with Crippen LogP contribution in [0.15, 0.2) is 12.2 Å². The van der Waals surface area contributed by atoms with E-state index in [0.29, 0.717) is 24.2 Å². The van der Waals surface area contributed by atoms with Crippen LogP contribution in [-0.2, 0) is 0 Å². The van der Waals surface area contributed by atoms with Crippen LogP contribution < -0.4 is 10.5 Å². The molecule has 0 aliphatic heterocycles. The molecule has 2 rings (SSSR count). The maximum Gasteiger partial charge on any atom is 0.221 e. The zero-order valence-corrected chi connectivity index (χ0v) is 10.5. The van der Waals surface area contributed by atoms with Crippen molar-refractivity contribution in [3.05, 3.63) is 23.5 Å². The van der Waals surface area contributed by atoms with Gasteiger partial charge in [-0.1, -0.05) is 5.57 Å². The second-order valence-corrected chi connectivity index (χ2v) is 4.73. The van der Waals surface area contributed by atoms with E-state index in [1.54, 1.807) is 0 Å². The molecule has 17 heavy (non-hydrogen) atoms. The molecule has 0 amide bonds. The minimum atomic E-state index is 0.487. The van der Waals surface area contributed by atoms with Crippen molar-refractivity contribution in [1.82, 2.24) is 9.97 Å². The second-order valence-electron chi connectivity index (χ2n) is 4.73. The van der Waals surface area contributed by atoms with Gasteiger partial charge in [0.15, 0.2) is 0 Å². The smallest absolute Gasteiger partial charge is 0.221 e. The molecule has 4 heteroatoms. The number of rotatable bonds is 5. The summed E-state index contributed by atoms with van der Waals surface area (Å²) in [6, 6.07) is 0. The van der Waals surface area contributed by atoms with Crippen LogP contribution in [0.25, 0.3) is 0 Å². The van der Waals surface area contributed by atoms with Crippen LogP contribution in [0.2, 0.25) is 0 Å². The van der Waals surface area contributed by atoms with Crippen molar-refractivity contribution in [2.45, 2.75) is 39.0 Å². The van der Waals surface area contributed by atoms with Gasteiger partial charge in [-0.05, 0) is 26.7 Å². The average molecular weight is 233 g/mol. The molecule has 0 radical (unpaired) electrons. The Kier molecular flexibility index (Phi) is 3.31. The number of nitrogens with two attached hydrogens (primary N) is 1. The number of hydrogen-bond donors (Lipinski definition) is 1. The maximum absolute atomic E-state index is 5.87. The highest BCUT2D eigenvalue weighted by Gasteiger charge is 2.28. The molecule has 2 N–H and O–H groups in total.